The van der Waals surface area contributed by atoms with Crippen LogP contribution < -0.4 is 10.6 Å². The highest BCUT2D eigenvalue weighted by molar-refractivity contribution is 5.80. The Kier molecular flexibility index (Phi) is 4.67. The van der Waals surface area contributed by atoms with E-state index in [1.807, 2.05) is 7.05 Å². The average molecular weight is 288 g/mol. The van der Waals surface area contributed by atoms with Crippen LogP contribution >= 0.6 is 0 Å². The standard InChI is InChI=1S/C17H28N4/c1-19-17(20-15-9-5-8-13(15)11-18)21-16-10-14(16)12-6-3-2-4-7-12/h12-16H,2-10H2,1H3,(H2,19,20,21). The first-order valence-electron chi connectivity index (χ1n) is 8.71. The monoisotopic (exact) mass is 288 g/mol. The summed E-state index contributed by atoms with van der Waals surface area (Å²) in [6.07, 6.45) is 11.7. The van der Waals surface area contributed by atoms with Crippen molar-refractivity contribution in [2.45, 2.75) is 69.9 Å². The maximum atomic E-state index is 9.18. The number of aliphatic imine (C=N–C) groups is 1. The van der Waals surface area contributed by atoms with Crippen LogP contribution in [0.15, 0.2) is 4.99 Å². The third-order valence-electron chi connectivity index (χ3n) is 5.64. The smallest absolute Gasteiger partial charge is 0.191 e. The van der Waals surface area contributed by atoms with Crippen LogP contribution in [0, 0.1) is 29.1 Å². The normalized spacial score (nSPS) is 37.0. The molecular weight excluding hydrogens is 260 g/mol. The Morgan fingerprint density at radius 3 is 2.48 bits per heavy atom. The number of nitriles is 1. The first-order valence-corrected chi connectivity index (χ1v) is 8.71. The quantitative estimate of drug-likeness (QED) is 0.620. The lowest BCUT2D eigenvalue weighted by atomic mass is 9.85. The number of nitrogens with one attached hydrogen (secondary N) is 2. The van der Waals surface area contributed by atoms with Gasteiger partial charge in [0.25, 0.3) is 0 Å². The number of rotatable bonds is 3. The summed E-state index contributed by atoms with van der Waals surface area (Å²) >= 11 is 0. The van der Waals surface area contributed by atoms with Crippen molar-refractivity contribution in [1.82, 2.24) is 10.6 Å². The third-order valence-corrected chi connectivity index (χ3v) is 5.64. The molecule has 3 fully saturated rings. The summed E-state index contributed by atoms with van der Waals surface area (Å²) in [5.41, 5.74) is 0. The molecule has 3 saturated carbocycles. The average Bonchev–Trinajstić information content (AvgIpc) is 3.15. The fourth-order valence-electron chi connectivity index (χ4n) is 4.27. The molecule has 4 unspecified atom stereocenters. The van der Waals surface area contributed by atoms with Gasteiger partial charge in [-0.05, 0) is 37.5 Å². The molecule has 0 bridgehead atoms. The summed E-state index contributed by atoms with van der Waals surface area (Å²) in [5.74, 6) is 2.86. The molecule has 0 saturated heterocycles. The van der Waals surface area contributed by atoms with Gasteiger partial charge in [0.05, 0.1) is 12.0 Å². The lowest BCUT2D eigenvalue weighted by Gasteiger charge is -2.23. The zero-order chi connectivity index (χ0) is 14.7. The van der Waals surface area contributed by atoms with Crippen molar-refractivity contribution in [3.63, 3.8) is 0 Å². The van der Waals surface area contributed by atoms with Crippen molar-refractivity contribution in [1.29, 1.82) is 5.26 Å². The molecule has 3 rings (SSSR count). The molecule has 4 heteroatoms. The zero-order valence-electron chi connectivity index (χ0n) is 13.1. The van der Waals surface area contributed by atoms with Crippen LogP contribution in [0.2, 0.25) is 0 Å². The molecule has 4 nitrogen and oxygen atoms in total. The zero-order valence-corrected chi connectivity index (χ0v) is 13.1. The van der Waals surface area contributed by atoms with Gasteiger partial charge in [0.2, 0.25) is 0 Å². The second kappa shape index (κ2) is 6.68. The Morgan fingerprint density at radius 1 is 1.00 bits per heavy atom. The Labute approximate surface area is 128 Å². The van der Waals surface area contributed by atoms with E-state index >= 15 is 0 Å². The van der Waals surface area contributed by atoms with Gasteiger partial charge in [-0.2, -0.15) is 5.26 Å². The number of hydrogen-bond acceptors (Lipinski definition) is 2. The SMILES string of the molecule is CN=C(NC1CCCC1C#N)NC1CC1C1CCCCC1. The molecule has 3 aliphatic carbocycles. The van der Waals surface area contributed by atoms with Crippen LogP contribution in [0.25, 0.3) is 0 Å². The van der Waals surface area contributed by atoms with E-state index < -0.39 is 0 Å². The largest absolute Gasteiger partial charge is 0.353 e. The van der Waals surface area contributed by atoms with Crippen molar-refractivity contribution in [3.05, 3.63) is 0 Å². The molecule has 0 heterocycles. The van der Waals surface area contributed by atoms with Crippen LogP contribution in [0.3, 0.4) is 0 Å². The summed E-state index contributed by atoms with van der Waals surface area (Å²) < 4.78 is 0. The first-order chi connectivity index (χ1) is 10.3. The van der Waals surface area contributed by atoms with E-state index in [2.05, 4.69) is 21.7 Å². The third kappa shape index (κ3) is 3.51. The molecule has 0 spiro atoms. The summed E-state index contributed by atoms with van der Waals surface area (Å²) in [6, 6.07) is 3.33. The van der Waals surface area contributed by atoms with E-state index in [1.165, 1.54) is 38.5 Å². The van der Waals surface area contributed by atoms with Crippen molar-refractivity contribution in [2.24, 2.45) is 22.7 Å². The van der Waals surface area contributed by atoms with Gasteiger partial charge >= 0.3 is 0 Å². The summed E-state index contributed by atoms with van der Waals surface area (Å²) in [7, 11) is 1.84. The number of nitrogens with zero attached hydrogens (tertiary/aromatic N) is 2. The van der Waals surface area contributed by atoms with Gasteiger partial charge in [0.15, 0.2) is 5.96 Å². The van der Waals surface area contributed by atoms with Crippen LogP contribution in [-0.4, -0.2) is 25.1 Å². The molecule has 0 aromatic carbocycles. The molecule has 2 N–H and O–H groups in total. The fourth-order valence-corrected chi connectivity index (χ4v) is 4.27. The topological polar surface area (TPSA) is 60.2 Å². The first kappa shape index (κ1) is 14.7. The van der Waals surface area contributed by atoms with E-state index in [4.69, 9.17) is 0 Å². The van der Waals surface area contributed by atoms with Crippen LogP contribution in [-0.2, 0) is 0 Å². The fraction of sp³-hybridized carbons (Fsp3) is 0.882. The molecular formula is C17H28N4. The lowest BCUT2D eigenvalue weighted by molar-refractivity contribution is 0.315. The van der Waals surface area contributed by atoms with Crippen molar-refractivity contribution >= 4 is 5.96 Å². The van der Waals surface area contributed by atoms with Gasteiger partial charge in [0.1, 0.15) is 0 Å². The molecule has 4 atom stereocenters. The molecule has 0 radical (unpaired) electrons. The van der Waals surface area contributed by atoms with Gasteiger partial charge in [-0.1, -0.05) is 32.1 Å². The molecule has 0 aromatic rings. The number of guanidine groups is 1. The summed E-state index contributed by atoms with van der Waals surface area (Å²) in [6.45, 7) is 0. The minimum atomic E-state index is 0.150. The Hall–Kier alpha value is -1.24. The highest BCUT2D eigenvalue weighted by Crippen LogP contribution is 2.44. The number of hydrogen-bond donors (Lipinski definition) is 2. The molecule has 0 aliphatic heterocycles. The van der Waals surface area contributed by atoms with E-state index in [-0.39, 0.29) is 12.0 Å². The van der Waals surface area contributed by atoms with Gasteiger partial charge in [-0.25, -0.2) is 0 Å². The highest BCUT2D eigenvalue weighted by Gasteiger charge is 2.43. The molecule has 21 heavy (non-hydrogen) atoms. The highest BCUT2D eigenvalue weighted by atomic mass is 15.2. The maximum Gasteiger partial charge on any atom is 0.191 e. The maximum absolute atomic E-state index is 9.18. The Morgan fingerprint density at radius 2 is 1.76 bits per heavy atom. The predicted octanol–water partition coefficient (Wildman–Crippen LogP) is 2.81. The molecule has 3 aliphatic rings. The van der Waals surface area contributed by atoms with Crippen LogP contribution in [0.1, 0.15) is 57.8 Å². The van der Waals surface area contributed by atoms with E-state index in [1.54, 1.807) is 0 Å². The van der Waals surface area contributed by atoms with Crippen molar-refractivity contribution in [2.75, 3.05) is 7.05 Å². The molecule has 0 aromatic heterocycles. The van der Waals surface area contributed by atoms with Gasteiger partial charge in [0, 0.05) is 19.1 Å². The summed E-state index contributed by atoms with van der Waals surface area (Å²) in [5, 5.41) is 16.2. The minimum Gasteiger partial charge on any atom is -0.353 e. The lowest BCUT2D eigenvalue weighted by Crippen LogP contribution is -2.46. The van der Waals surface area contributed by atoms with Crippen molar-refractivity contribution in [3.8, 4) is 6.07 Å². The molecule has 0 amide bonds. The van der Waals surface area contributed by atoms with Crippen molar-refractivity contribution < 1.29 is 0 Å². The summed E-state index contributed by atoms with van der Waals surface area (Å²) in [4.78, 5) is 4.37. The predicted molar refractivity (Wildman–Crippen MR) is 84.8 cm³/mol. The van der Waals surface area contributed by atoms with Crippen LogP contribution in [0.4, 0.5) is 0 Å². The molecule has 116 valence electrons. The van der Waals surface area contributed by atoms with Gasteiger partial charge < -0.3 is 10.6 Å². The van der Waals surface area contributed by atoms with E-state index in [0.717, 1.165) is 37.1 Å². The Bertz CT molecular complexity index is 419. The Balaban J connectivity index is 1.47. The van der Waals surface area contributed by atoms with Gasteiger partial charge in [-0.3, -0.25) is 4.99 Å². The van der Waals surface area contributed by atoms with Crippen LogP contribution in [0.5, 0.6) is 0 Å². The van der Waals surface area contributed by atoms with E-state index in [9.17, 15) is 5.26 Å². The van der Waals surface area contributed by atoms with E-state index in [0.29, 0.717) is 6.04 Å². The minimum absolute atomic E-state index is 0.150. The second-order valence-corrected chi connectivity index (χ2v) is 7.04. The van der Waals surface area contributed by atoms with Gasteiger partial charge in [-0.15, -0.1) is 0 Å². The second-order valence-electron chi connectivity index (χ2n) is 7.04.